The Kier molecular flexibility index (Phi) is 7.21. The molecule has 0 aromatic carbocycles. The van der Waals surface area contributed by atoms with Crippen molar-refractivity contribution in [1.29, 1.82) is 0 Å². The number of halogens is 1. The maximum atomic E-state index is 14.3. The van der Waals surface area contributed by atoms with Crippen molar-refractivity contribution >= 4 is 34.8 Å². The van der Waals surface area contributed by atoms with Gasteiger partial charge in [-0.25, -0.2) is 27.6 Å². The van der Waals surface area contributed by atoms with E-state index in [-0.39, 0.29) is 23.4 Å². The van der Waals surface area contributed by atoms with Crippen molar-refractivity contribution < 1.29 is 60.6 Å². The summed E-state index contributed by atoms with van der Waals surface area (Å²) in [5.41, 5.74) is 11.8. The normalized spacial score (nSPS) is 26.6. The van der Waals surface area contributed by atoms with Crippen LogP contribution in [0.15, 0.2) is 17.5 Å². The zero-order chi connectivity index (χ0) is 25.5. The molecule has 2 aromatic heterocycles. The van der Waals surface area contributed by atoms with E-state index in [0.29, 0.717) is 0 Å². The lowest BCUT2D eigenvalue weighted by Crippen LogP contribution is -2.41. The molecular weight excluding hydrogens is 534 g/mol. The summed E-state index contributed by atoms with van der Waals surface area (Å²) in [6.07, 6.45) is -2.36. The van der Waals surface area contributed by atoms with Crippen molar-refractivity contribution in [1.82, 2.24) is 14.6 Å². The van der Waals surface area contributed by atoms with Gasteiger partial charge in [0.05, 0.1) is 18.4 Å². The largest absolute Gasteiger partial charge is 0.490 e. The molecule has 1 fully saturated rings. The van der Waals surface area contributed by atoms with Gasteiger partial charge in [0.15, 0.2) is 17.4 Å². The summed E-state index contributed by atoms with van der Waals surface area (Å²) in [5.74, 6) is -1.06. The Morgan fingerprint density at radius 1 is 1.32 bits per heavy atom. The summed E-state index contributed by atoms with van der Waals surface area (Å²) in [7, 11) is -17.1. The number of anilines is 1. The second kappa shape index (κ2) is 9.22. The first-order valence-corrected chi connectivity index (χ1v) is 13.1. The van der Waals surface area contributed by atoms with E-state index in [4.69, 9.17) is 25.8 Å². The smallest absolute Gasteiger partial charge is 0.390 e. The SMILES string of the molecule is [N-]=[N+]=NC1(COP(=O)(O)OP(=O)(O)OP(=O)(O)O)O[C@@H](c2cc(F)c3c(N)ncnn23)C[C@@H]1O. The van der Waals surface area contributed by atoms with Crippen LogP contribution in [0.1, 0.15) is 18.2 Å². The molecule has 19 nitrogen and oxygen atoms in total. The van der Waals surface area contributed by atoms with Crippen LogP contribution in [-0.4, -0.2) is 57.7 Å². The molecule has 0 spiro atoms. The van der Waals surface area contributed by atoms with Crippen molar-refractivity contribution in [3.8, 4) is 0 Å². The van der Waals surface area contributed by atoms with E-state index in [1.54, 1.807) is 0 Å². The van der Waals surface area contributed by atoms with Gasteiger partial charge >= 0.3 is 23.5 Å². The number of aromatic nitrogens is 3. The second-order valence-corrected chi connectivity index (χ2v) is 11.0. The van der Waals surface area contributed by atoms with Gasteiger partial charge < -0.3 is 35.2 Å². The zero-order valence-electron chi connectivity index (χ0n) is 16.3. The molecule has 0 radical (unpaired) electrons. The molecule has 23 heteroatoms. The Labute approximate surface area is 186 Å². The summed E-state index contributed by atoms with van der Waals surface area (Å²) in [6, 6.07) is 0.951. The van der Waals surface area contributed by atoms with Gasteiger partial charge in [-0.3, -0.25) is 4.52 Å². The maximum absolute atomic E-state index is 14.3. The number of nitrogens with zero attached hydrogens (tertiary/aromatic N) is 6. The average molecular weight is 549 g/mol. The van der Waals surface area contributed by atoms with Crippen molar-refractivity contribution in [2.75, 3.05) is 12.3 Å². The van der Waals surface area contributed by atoms with Crippen LogP contribution in [0.3, 0.4) is 0 Å². The van der Waals surface area contributed by atoms with E-state index in [9.17, 15) is 33.0 Å². The van der Waals surface area contributed by atoms with Crippen molar-refractivity contribution in [3.63, 3.8) is 0 Å². The van der Waals surface area contributed by atoms with Crippen molar-refractivity contribution in [2.24, 2.45) is 5.11 Å². The number of hydrogen-bond acceptors (Lipinski definition) is 12. The molecule has 3 heterocycles. The molecule has 0 aliphatic carbocycles. The van der Waals surface area contributed by atoms with E-state index in [1.807, 2.05) is 0 Å². The quantitative estimate of drug-likeness (QED) is 0.108. The predicted octanol–water partition coefficient (Wildman–Crippen LogP) is 0.623. The van der Waals surface area contributed by atoms with E-state index in [1.165, 1.54) is 0 Å². The monoisotopic (exact) mass is 549 g/mol. The molecule has 188 valence electrons. The molecule has 7 N–H and O–H groups in total. The van der Waals surface area contributed by atoms with E-state index < -0.39 is 53.8 Å². The Balaban J connectivity index is 1.84. The molecule has 0 amide bonds. The number of aliphatic hydroxyl groups is 1. The van der Waals surface area contributed by atoms with Crippen LogP contribution < -0.4 is 5.73 Å². The highest BCUT2D eigenvalue weighted by Crippen LogP contribution is 2.66. The van der Waals surface area contributed by atoms with E-state index in [0.717, 1.165) is 16.9 Å². The fourth-order valence-corrected chi connectivity index (χ4v) is 6.06. The standard InChI is InChI=1S/C11H15FN7O12P3/c12-5-1-6(19-9(5)10(13)15-4-16-19)7-2-8(20)11(29-7,17-18-14)3-28-33(24,25)31-34(26,27)30-32(21,22)23/h1,4,7-8,20H,2-3H2,(H,24,25)(H,26,27)(H2,13,15,16)(H2,21,22,23)/t7-,8+,11?/m1/s1. The fourth-order valence-electron chi connectivity index (χ4n) is 3.02. The van der Waals surface area contributed by atoms with Gasteiger partial charge in [-0.2, -0.15) is 13.7 Å². The minimum Gasteiger partial charge on any atom is -0.390 e. The summed E-state index contributed by atoms with van der Waals surface area (Å²) in [6.45, 7) is -1.28. The first-order chi connectivity index (χ1) is 15.6. The summed E-state index contributed by atoms with van der Waals surface area (Å²) >= 11 is 0. The number of nitrogen functional groups attached to an aromatic ring is 1. The number of fused-ring (bicyclic) bond motifs is 1. The lowest BCUT2D eigenvalue weighted by molar-refractivity contribution is -0.106. The van der Waals surface area contributed by atoms with Crippen LogP contribution >= 0.6 is 23.5 Å². The number of nitrogens with two attached hydrogens (primary N) is 1. The molecule has 0 bridgehead atoms. The van der Waals surface area contributed by atoms with E-state index in [2.05, 4.69) is 33.3 Å². The first kappa shape index (κ1) is 26.6. The van der Waals surface area contributed by atoms with Crippen LogP contribution in [-0.2, 0) is 31.6 Å². The van der Waals surface area contributed by atoms with Crippen LogP contribution in [0.5, 0.6) is 0 Å². The fraction of sp³-hybridized carbons (Fsp3) is 0.455. The molecule has 1 aliphatic rings. The highest BCUT2D eigenvalue weighted by atomic mass is 31.3. The number of aliphatic hydroxyl groups excluding tert-OH is 1. The topological polar surface area (TPSA) is 294 Å². The molecule has 2 aromatic rings. The lowest BCUT2D eigenvalue weighted by Gasteiger charge is -2.27. The average Bonchev–Trinajstić information content (AvgIpc) is 3.16. The third-order valence-corrected chi connectivity index (χ3v) is 8.05. The molecule has 1 aliphatic heterocycles. The van der Waals surface area contributed by atoms with Crippen LogP contribution in [0.4, 0.5) is 10.2 Å². The van der Waals surface area contributed by atoms with Crippen LogP contribution in [0.2, 0.25) is 0 Å². The molecule has 0 saturated carbocycles. The van der Waals surface area contributed by atoms with Crippen molar-refractivity contribution in [3.05, 3.63) is 34.3 Å². The number of azide groups is 1. The molecule has 3 unspecified atom stereocenters. The van der Waals surface area contributed by atoms with Gasteiger partial charge in [0.2, 0.25) is 0 Å². The molecular formula is C11H15FN7O12P3. The highest BCUT2D eigenvalue weighted by molar-refractivity contribution is 7.66. The summed E-state index contributed by atoms with van der Waals surface area (Å²) in [5, 5.41) is 17.5. The van der Waals surface area contributed by atoms with Gasteiger partial charge in [0, 0.05) is 17.4 Å². The number of ether oxygens (including phenoxy) is 1. The third kappa shape index (κ3) is 5.79. The third-order valence-electron chi connectivity index (χ3n) is 4.26. The molecule has 1 saturated heterocycles. The minimum atomic E-state index is -5.82. The molecule has 34 heavy (non-hydrogen) atoms. The zero-order valence-corrected chi connectivity index (χ0v) is 19.0. The Morgan fingerprint density at radius 3 is 2.62 bits per heavy atom. The highest BCUT2D eigenvalue weighted by Gasteiger charge is 2.52. The predicted molar refractivity (Wildman–Crippen MR) is 104 cm³/mol. The lowest BCUT2D eigenvalue weighted by atomic mass is 10.1. The molecule has 5 atom stereocenters. The summed E-state index contributed by atoms with van der Waals surface area (Å²) < 4.78 is 66.5. The van der Waals surface area contributed by atoms with Gasteiger partial charge in [-0.15, -0.1) is 0 Å². The van der Waals surface area contributed by atoms with Gasteiger partial charge in [-0.05, 0) is 5.53 Å². The molecule has 3 rings (SSSR count). The van der Waals surface area contributed by atoms with Crippen molar-refractivity contribution in [2.45, 2.75) is 24.4 Å². The minimum absolute atomic E-state index is 0.0194. The van der Waals surface area contributed by atoms with Crippen LogP contribution in [0.25, 0.3) is 16.0 Å². The van der Waals surface area contributed by atoms with E-state index >= 15 is 0 Å². The van der Waals surface area contributed by atoms with Crippen LogP contribution in [0, 0.1) is 5.82 Å². The van der Waals surface area contributed by atoms with Gasteiger partial charge in [0.1, 0.15) is 17.9 Å². The van der Waals surface area contributed by atoms with Gasteiger partial charge in [-0.1, -0.05) is 5.11 Å². The Bertz CT molecular complexity index is 1300. The number of phosphoric acid groups is 3. The Morgan fingerprint density at radius 2 is 2.00 bits per heavy atom. The number of hydrogen-bond donors (Lipinski definition) is 6. The first-order valence-electron chi connectivity index (χ1n) is 8.56. The number of phosphoric ester groups is 1. The summed E-state index contributed by atoms with van der Waals surface area (Å²) in [4.78, 5) is 42.0. The Hall–Kier alpha value is -2.01. The second-order valence-electron chi connectivity index (χ2n) is 6.58. The maximum Gasteiger partial charge on any atom is 0.490 e. The number of rotatable bonds is 9. The van der Waals surface area contributed by atoms with Gasteiger partial charge in [0.25, 0.3) is 0 Å².